The molecule has 0 aliphatic carbocycles. The number of nitrogens with zero attached hydrogens (tertiary/aromatic N) is 1. The standard InChI is InChI=1S/C13H19FN2O/c1-9-8-16(6-5-12(9)17)13-10(7-15)3-2-4-11(13)14/h2-4,9,12,17H,5-8,15H2,1H3. The number of hydrogen-bond acceptors (Lipinski definition) is 3. The quantitative estimate of drug-likeness (QED) is 0.820. The molecule has 0 amide bonds. The zero-order chi connectivity index (χ0) is 12.4. The van der Waals surface area contributed by atoms with Gasteiger partial charge in [-0.25, -0.2) is 4.39 Å². The third-order valence-corrected chi connectivity index (χ3v) is 3.47. The van der Waals surface area contributed by atoms with Crippen LogP contribution < -0.4 is 10.6 Å². The van der Waals surface area contributed by atoms with E-state index in [1.165, 1.54) is 6.07 Å². The molecule has 0 saturated carbocycles. The van der Waals surface area contributed by atoms with E-state index < -0.39 is 0 Å². The van der Waals surface area contributed by atoms with Gasteiger partial charge < -0.3 is 15.7 Å². The molecule has 2 rings (SSSR count). The molecule has 1 aliphatic heterocycles. The van der Waals surface area contributed by atoms with Crippen molar-refractivity contribution in [1.29, 1.82) is 0 Å². The molecule has 1 aromatic rings. The fourth-order valence-electron chi connectivity index (χ4n) is 2.42. The number of halogens is 1. The fourth-order valence-corrected chi connectivity index (χ4v) is 2.42. The lowest BCUT2D eigenvalue weighted by atomic mass is 9.95. The molecule has 2 atom stereocenters. The number of benzene rings is 1. The summed E-state index contributed by atoms with van der Waals surface area (Å²) in [5.74, 6) is -0.0643. The Morgan fingerprint density at radius 2 is 2.29 bits per heavy atom. The Bertz CT molecular complexity index is 397. The molecule has 1 aromatic carbocycles. The van der Waals surface area contributed by atoms with Crippen LogP contribution >= 0.6 is 0 Å². The summed E-state index contributed by atoms with van der Waals surface area (Å²) in [7, 11) is 0. The van der Waals surface area contributed by atoms with Crippen LogP contribution in [-0.4, -0.2) is 24.3 Å². The Hall–Kier alpha value is -1.13. The molecule has 1 aliphatic rings. The van der Waals surface area contributed by atoms with Crippen LogP contribution in [0.25, 0.3) is 0 Å². The van der Waals surface area contributed by atoms with Crippen molar-refractivity contribution in [2.45, 2.75) is 26.0 Å². The minimum Gasteiger partial charge on any atom is -0.393 e. The summed E-state index contributed by atoms with van der Waals surface area (Å²) in [4.78, 5) is 1.99. The smallest absolute Gasteiger partial charge is 0.146 e. The van der Waals surface area contributed by atoms with Crippen molar-refractivity contribution in [3.8, 4) is 0 Å². The second-order valence-electron chi connectivity index (χ2n) is 4.73. The van der Waals surface area contributed by atoms with Gasteiger partial charge in [-0.2, -0.15) is 0 Å². The van der Waals surface area contributed by atoms with E-state index in [2.05, 4.69) is 0 Å². The molecule has 0 aromatic heterocycles. The third kappa shape index (κ3) is 2.42. The molecule has 3 nitrogen and oxygen atoms in total. The van der Waals surface area contributed by atoms with Gasteiger partial charge in [0.05, 0.1) is 11.8 Å². The van der Waals surface area contributed by atoms with Crippen molar-refractivity contribution < 1.29 is 9.50 Å². The molecule has 0 spiro atoms. The molecule has 0 bridgehead atoms. The monoisotopic (exact) mass is 238 g/mol. The SMILES string of the molecule is CC1CN(c2c(F)cccc2CN)CCC1O. The molecule has 1 fully saturated rings. The third-order valence-electron chi connectivity index (χ3n) is 3.47. The van der Waals surface area contributed by atoms with Gasteiger partial charge in [0.25, 0.3) is 0 Å². The predicted molar refractivity (Wildman–Crippen MR) is 66.3 cm³/mol. The van der Waals surface area contributed by atoms with Crippen LogP contribution in [0.2, 0.25) is 0 Å². The van der Waals surface area contributed by atoms with Crippen LogP contribution in [0.5, 0.6) is 0 Å². The van der Waals surface area contributed by atoms with Gasteiger partial charge in [0.2, 0.25) is 0 Å². The van der Waals surface area contributed by atoms with Gasteiger partial charge in [-0.3, -0.25) is 0 Å². The first-order valence-corrected chi connectivity index (χ1v) is 6.04. The molecule has 3 N–H and O–H groups in total. The Balaban J connectivity index is 2.28. The lowest BCUT2D eigenvalue weighted by Crippen LogP contribution is -2.42. The number of piperidine rings is 1. The average Bonchev–Trinajstić information content (AvgIpc) is 2.32. The zero-order valence-electron chi connectivity index (χ0n) is 10.1. The van der Waals surface area contributed by atoms with E-state index in [1.54, 1.807) is 6.07 Å². The van der Waals surface area contributed by atoms with Crippen LogP contribution in [0, 0.1) is 11.7 Å². The Morgan fingerprint density at radius 1 is 1.53 bits per heavy atom. The molecule has 94 valence electrons. The van der Waals surface area contributed by atoms with Gasteiger partial charge in [-0.15, -0.1) is 0 Å². The molecule has 1 heterocycles. The summed E-state index contributed by atoms with van der Waals surface area (Å²) in [5.41, 5.74) is 7.08. The van der Waals surface area contributed by atoms with Crippen molar-refractivity contribution in [3.63, 3.8) is 0 Å². The number of hydrogen-bond donors (Lipinski definition) is 2. The first kappa shape index (κ1) is 12.3. The van der Waals surface area contributed by atoms with E-state index in [4.69, 9.17) is 5.73 Å². The van der Waals surface area contributed by atoms with E-state index in [0.29, 0.717) is 31.7 Å². The maximum Gasteiger partial charge on any atom is 0.146 e. The highest BCUT2D eigenvalue weighted by Crippen LogP contribution is 2.28. The Morgan fingerprint density at radius 3 is 2.94 bits per heavy atom. The van der Waals surface area contributed by atoms with Crippen molar-refractivity contribution in [3.05, 3.63) is 29.6 Å². The summed E-state index contributed by atoms with van der Waals surface area (Å²) < 4.78 is 13.9. The molecule has 1 saturated heterocycles. The number of aliphatic hydroxyl groups is 1. The lowest BCUT2D eigenvalue weighted by molar-refractivity contribution is 0.0968. The number of anilines is 1. The first-order chi connectivity index (χ1) is 8.13. The highest BCUT2D eigenvalue weighted by Gasteiger charge is 2.26. The average molecular weight is 238 g/mol. The molecule has 17 heavy (non-hydrogen) atoms. The number of para-hydroxylation sites is 1. The summed E-state index contributed by atoms with van der Waals surface area (Å²) in [5, 5.41) is 9.69. The molecular formula is C13H19FN2O. The molecule has 0 radical (unpaired) electrons. The Kier molecular flexibility index (Phi) is 3.64. The summed E-state index contributed by atoms with van der Waals surface area (Å²) >= 11 is 0. The fraction of sp³-hybridized carbons (Fsp3) is 0.538. The van der Waals surface area contributed by atoms with Gasteiger partial charge >= 0.3 is 0 Å². The van der Waals surface area contributed by atoms with Gasteiger partial charge in [0.15, 0.2) is 0 Å². The van der Waals surface area contributed by atoms with Crippen LogP contribution in [0.4, 0.5) is 10.1 Å². The maximum atomic E-state index is 13.9. The van der Waals surface area contributed by atoms with Crippen molar-refractivity contribution in [2.75, 3.05) is 18.0 Å². The minimum atomic E-state index is -0.278. The van der Waals surface area contributed by atoms with Crippen LogP contribution in [-0.2, 0) is 6.54 Å². The summed E-state index contributed by atoms with van der Waals surface area (Å²) in [6.45, 7) is 3.68. The second kappa shape index (κ2) is 5.02. The number of aliphatic hydroxyl groups excluding tert-OH is 1. The van der Waals surface area contributed by atoms with Crippen LogP contribution in [0.1, 0.15) is 18.9 Å². The van der Waals surface area contributed by atoms with E-state index in [-0.39, 0.29) is 17.8 Å². The maximum absolute atomic E-state index is 13.9. The van der Waals surface area contributed by atoms with E-state index in [0.717, 1.165) is 5.56 Å². The highest BCUT2D eigenvalue weighted by atomic mass is 19.1. The van der Waals surface area contributed by atoms with Gasteiger partial charge in [-0.1, -0.05) is 19.1 Å². The number of rotatable bonds is 2. The normalized spacial score (nSPS) is 25.1. The van der Waals surface area contributed by atoms with Crippen LogP contribution in [0.15, 0.2) is 18.2 Å². The van der Waals surface area contributed by atoms with Crippen molar-refractivity contribution in [2.24, 2.45) is 11.7 Å². The summed E-state index contributed by atoms with van der Waals surface area (Å²) in [6, 6.07) is 5.00. The van der Waals surface area contributed by atoms with Crippen molar-refractivity contribution >= 4 is 5.69 Å². The number of nitrogens with two attached hydrogens (primary N) is 1. The molecule has 4 heteroatoms. The first-order valence-electron chi connectivity index (χ1n) is 6.04. The minimum absolute atomic E-state index is 0.161. The van der Waals surface area contributed by atoms with Crippen LogP contribution in [0.3, 0.4) is 0 Å². The molecule has 2 unspecified atom stereocenters. The zero-order valence-corrected chi connectivity index (χ0v) is 10.1. The van der Waals surface area contributed by atoms with E-state index in [1.807, 2.05) is 17.9 Å². The highest BCUT2D eigenvalue weighted by molar-refractivity contribution is 5.55. The van der Waals surface area contributed by atoms with Gasteiger partial charge in [0.1, 0.15) is 5.82 Å². The van der Waals surface area contributed by atoms with Gasteiger partial charge in [-0.05, 0) is 24.0 Å². The Labute approximate surface area is 101 Å². The van der Waals surface area contributed by atoms with E-state index in [9.17, 15) is 9.50 Å². The van der Waals surface area contributed by atoms with Gasteiger partial charge in [0, 0.05) is 19.6 Å². The van der Waals surface area contributed by atoms with Crippen molar-refractivity contribution in [1.82, 2.24) is 0 Å². The largest absolute Gasteiger partial charge is 0.393 e. The topological polar surface area (TPSA) is 49.5 Å². The summed E-state index contributed by atoms with van der Waals surface area (Å²) in [6.07, 6.45) is 0.402. The predicted octanol–water partition coefficient (Wildman–Crippen LogP) is 1.49. The van der Waals surface area contributed by atoms with E-state index >= 15 is 0 Å². The lowest BCUT2D eigenvalue weighted by Gasteiger charge is -2.37. The molecular weight excluding hydrogens is 219 g/mol. The second-order valence-corrected chi connectivity index (χ2v) is 4.73.